The lowest BCUT2D eigenvalue weighted by Gasteiger charge is -2.07. The molecular formula is C12H17N3O2S. The molecule has 2 rings (SSSR count). The molecule has 3 N–H and O–H groups in total. The van der Waals surface area contributed by atoms with E-state index in [2.05, 4.69) is 9.97 Å². The van der Waals surface area contributed by atoms with Crippen LogP contribution in [0.25, 0.3) is 11.0 Å². The lowest BCUT2D eigenvalue weighted by Crippen LogP contribution is -2.12. The minimum Gasteiger partial charge on any atom is -0.342 e. The zero-order valence-corrected chi connectivity index (χ0v) is 11.3. The number of H-pyrrole nitrogens is 1. The number of aromatic nitrogens is 2. The van der Waals surface area contributed by atoms with E-state index in [4.69, 9.17) is 5.73 Å². The van der Waals surface area contributed by atoms with Crippen molar-refractivity contribution < 1.29 is 8.42 Å². The maximum absolute atomic E-state index is 11.5. The van der Waals surface area contributed by atoms with Gasteiger partial charge >= 0.3 is 0 Å². The van der Waals surface area contributed by atoms with E-state index in [0.717, 1.165) is 23.3 Å². The predicted molar refractivity (Wildman–Crippen MR) is 71.3 cm³/mol. The fourth-order valence-electron chi connectivity index (χ4n) is 1.90. The van der Waals surface area contributed by atoms with Gasteiger partial charge in [-0.25, -0.2) is 13.4 Å². The molecule has 1 aromatic carbocycles. The third kappa shape index (κ3) is 2.39. The van der Waals surface area contributed by atoms with E-state index in [-0.39, 0.29) is 5.92 Å². The van der Waals surface area contributed by atoms with E-state index >= 15 is 0 Å². The maximum Gasteiger partial charge on any atom is 0.175 e. The minimum atomic E-state index is -3.19. The molecule has 1 aromatic heterocycles. The van der Waals surface area contributed by atoms with Crippen LogP contribution >= 0.6 is 0 Å². The van der Waals surface area contributed by atoms with E-state index in [0.29, 0.717) is 11.4 Å². The summed E-state index contributed by atoms with van der Waals surface area (Å²) < 4.78 is 23.0. The third-order valence-corrected chi connectivity index (χ3v) is 4.17. The van der Waals surface area contributed by atoms with Gasteiger partial charge in [-0.3, -0.25) is 0 Å². The van der Waals surface area contributed by atoms with Crippen molar-refractivity contribution in [1.29, 1.82) is 0 Å². The van der Waals surface area contributed by atoms with Gasteiger partial charge < -0.3 is 10.7 Å². The van der Waals surface area contributed by atoms with Gasteiger partial charge in [0.1, 0.15) is 5.82 Å². The molecule has 0 fully saturated rings. The Bertz CT molecular complexity index is 657. The van der Waals surface area contributed by atoms with Gasteiger partial charge in [0.25, 0.3) is 0 Å². The molecule has 1 heterocycles. The summed E-state index contributed by atoms with van der Waals surface area (Å²) in [6.07, 6.45) is 2.09. The highest BCUT2D eigenvalue weighted by Gasteiger charge is 2.14. The Morgan fingerprint density at radius 1 is 1.44 bits per heavy atom. The van der Waals surface area contributed by atoms with E-state index in [1.54, 1.807) is 18.2 Å². The van der Waals surface area contributed by atoms with Gasteiger partial charge in [-0.2, -0.15) is 0 Å². The number of nitrogens with two attached hydrogens (primary N) is 1. The first-order valence-electron chi connectivity index (χ1n) is 5.85. The Kier molecular flexibility index (Phi) is 3.41. The topological polar surface area (TPSA) is 88.8 Å². The van der Waals surface area contributed by atoms with Gasteiger partial charge in [-0.1, -0.05) is 6.92 Å². The van der Waals surface area contributed by atoms with Crippen molar-refractivity contribution >= 4 is 20.9 Å². The second-order valence-corrected chi connectivity index (χ2v) is 6.43. The number of nitrogens with one attached hydrogen (secondary N) is 1. The van der Waals surface area contributed by atoms with E-state index in [9.17, 15) is 8.42 Å². The number of sulfone groups is 1. The lowest BCUT2D eigenvalue weighted by atomic mass is 10.1. The van der Waals surface area contributed by atoms with Crippen LogP contribution in [-0.4, -0.2) is 31.2 Å². The van der Waals surface area contributed by atoms with Crippen molar-refractivity contribution in [1.82, 2.24) is 9.97 Å². The number of fused-ring (bicyclic) bond motifs is 1. The summed E-state index contributed by atoms with van der Waals surface area (Å²) >= 11 is 0. The summed E-state index contributed by atoms with van der Waals surface area (Å²) in [5.74, 6) is 1.000. The molecule has 2 aromatic rings. The van der Waals surface area contributed by atoms with Crippen molar-refractivity contribution in [2.75, 3.05) is 12.8 Å². The van der Waals surface area contributed by atoms with Gasteiger partial charge in [0.15, 0.2) is 9.84 Å². The molecule has 0 aliphatic heterocycles. The number of imidazole rings is 1. The Hall–Kier alpha value is -1.40. The molecule has 0 bridgehead atoms. The average Bonchev–Trinajstić information content (AvgIpc) is 2.71. The molecule has 1 atom stereocenters. The second kappa shape index (κ2) is 4.70. The Morgan fingerprint density at radius 2 is 2.17 bits per heavy atom. The van der Waals surface area contributed by atoms with Crippen molar-refractivity contribution in [3.8, 4) is 0 Å². The summed E-state index contributed by atoms with van der Waals surface area (Å²) in [4.78, 5) is 7.90. The van der Waals surface area contributed by atoms with Crippen molar-refractivity contribution in [2.45, 2.75) is 24.2 Å². The van der Waals surface area contributed by atoms with Crippen LogP contribution in [0.2, 0.25) is 0 Å². The summed E-state index contributed by atoms with van der Waals surface area (Å²) in [6.45, 7) is 2.57. The van der Waals surface area contributed by atoms with Crippen LogP contribution in [0.5, 0.6) is 0 Å². The number of hydrogen-bond acceptors (Lipinski definition) is 4. The number of hydrogen-bond donors (Lipinski definition) is 2. The first kappa shape index (κ1) is 13.0. The summed E-state index contributed by atoms with van der Waals surface area (Å²) in [7, 11) is -3.19. The highest BCUT2D eigenvalue weighted by Crippen LogP contribution is 2.21. The van der Waals surface area contributed by atoms with Crippen LogP contribution in [-0.2, 0) is 9.84 Å². The fourth-order valence-corrected chi connectivity index (χ4v) is 2.55. The fraction of sp³-hybridized carbons (Fsp3) is 0.417. The van der Waals surface area contributed by atoms with Crippen LogP contribution in [0.1, 0.15) is 25.1 Å². The number of aromatic amines is 1. The molecule has 1 unspecified atom stereocenters. The molecule has 0 amide bonds. The quantitative estimate of drug-likeness (QED) is 0.876. The van der Waals surface area contributed by atoms with Gasteiger partial charge in [-0.15, -0.1) is 0 Å². The molecular weight excluding hydrogens is 250 g/mol. The lowest BCUT2D eigenvalue weighted by molar-refractivity contribution is 0.602. The van der Waals surface area contributed by atoms with E-state index in [1.165, 1.54) is 6.26 Å². The largest absolute Gasteiger partial charge is 0.342 e. The Morgan fingerprint density at radius 3 is 2.72 bits per heavy atom. The molecule has 6 heteroatoms. The zero-order chi connectivity index (χ0) is 13.3. The number of benzene rings is 1. The molecule has 18 heavy (non-hydrogen) atoms. The second-order valence-electron chi connectivity index (χ2n) is 4.41. The van der Waals surface area contributed by atoms with Gasteiger partial charge in [0, 0.05) is 18.7 Å². The van der Waals surface area contributed by atoms with Gasteiger partial charge in [0.2, 0.25) is 0 Å². The molecule has 0 radical (unpaired) electrons. The standard InChI is InChI=1S/C12H17N3O2S/c1-3-8(7-13)12-14-10-5-4-9(18(2,16)17)6-11(10)15-12/h4-6,8H,3,7,13H2,1-2H3,(H,14,15). The van der Waals surface area contributed by atoms with Crippen molar-refractivity contribution in [2.24, 2.45) is 5.73 Å². The Balaban J connectivity index is 2.52. The zero-order valence-electron chi connectivity index (χ0n) is 10.5. The van der Waals surface area contributed by atoms with E-state index < -0.39 is 9.84 Å². The highest BCUT2D eigenvalue weighted by molar-refractivity contribution is 7.90. The molecule has 98 valence electrons. The number of nitrogens with zero attached hydrogens (tertiary/aromatic N) is 1. The highest BCUT2D eigenvalue weighted by atomic mass is 32.2. The maximum atomic E-state index is 11.5. The first-order chi connectivity index (χ1) is 8.45. The molecule has 0 saturated carbocycles. The van der Waals surface area contributed by atoms with Crippen LogP contribution in [0.3, 0.4) is 0 Å². The number of rotatable bonds is 4. The Labute approximate surface area is 106 Å². The van der Waals surface area contributed by atoms with Crippen molar-refractivity contribution in [3.05, 3.63) is 24.0 Å². The van der Waals surface area contributed by atoms with Crippen LogP contribution in [0, 0.1) is 0 Å². The molecule has 0 aliphatic rings. The molecule has 0 saturated heterocycles. The van der Waals surface area contributed by atoms with Crippen LogP contribution in [0.4, 0.5) is 0 Å². The van der Waals surface area contributed by atoms with Crippen LogP contribution < -0.4 is 5.73 Å². The minimum absolute atomic E-state index is 0.180. The van der Waals surface area contributed by atoms with Gasteiger partial charge in [0.05, 0.1) is 15.9 Å². The summed E-state index contributed by atoms with van der Waals surface area (Å²) in [5.41, 5.74) is 7.18. The summed E-state index contributed by atoms with van der Waals surface area (Å²) in [6, 6.07) is 4.91. The smallest absolute Gasteiger partial charge is 0.175 e. The predicted octanol–water partition coefficient (Wildman–Crippen LogP) is 1.42. The first-order valence-corrected chi connectivity index (χ1v) is 7.74. The van der Waals surface area contributed by atoms with Crippen molar-refractivity contribution in [3.63, 3.8) is 0 Å². The van der Waals surface area contributed by atoms with E-state index in [1.807, 2.05) is 6.92 Å². The molecule has 0 aliphatic carbocycles. The average molecular weight is 267 g/mol. The van der Waals surface area contributed by atoms with Crippen LogP contribution in [0.15, 0.2) is 23.1 Å². The summed E-state index contributed by atoms with van der Waals surface area (Å²) in [5, 5.41) is 0. The van der Waals surface area contributed by atoms with Gasteiger partial charge in [-0.05, 0) is 24.6 Å². The third-order valence-electron chi connectivity index (χ3n) is 3.06. The normalized spacial score (nSPS) is 13.9. The monoisotopic (exact) mass is 267 g/mol. The SMILES string of the molecule is CCC(CN)c1nc2ccc(S(C)(=O)=O)cc2[nH]1. The molecule has 5 nitrogen and oxygen atoms in total. The molecule has 0 spiro atoms.